The minimum atomic E-state index is 0.259. The summed E-state index contributed by atoms with van der Waals surface area (Å²) in [7, 11) is 0. The van der Waals surface area contributed by atoms with Crippen molar-refractivity contribution in [1.82, 2.24) is 14.3 Å². The lowest BCUT2D eigenvalue weighted by molar-refractivity contribution is 0.740. The van der Waals surface area contributed by atoms with Crippen molar-refractivity contribution in [3.8, 4) is 0 Å². The van der Waals surface area contributed by atoms with Crippen molar-refractivity contribution in [2.24, 2.45) is 0 Å². The quantitative estimate of drug-likeness (QED) is 0.900. The van der Waals surface area contributed by atoms with E-state index in [1.54, 1.807) is 11.3 Å². The molecule has 1 atom stereocenters. The highest BCUT2D eigenvalue weighted by Gasteiger charge is 2.28. The Morgan fingerprint density at radius 2 is 2.41 bits per heavy atom. The highest BCUT2D eigenvalue weighted by atomic mass is 32.1. The second kappa shape index (κ2) is 4.70. The highest BCUT2D eigenvalue weighted by molar-refractivity contribution is 7.10. The summed E-state index contributed by atoms with van der Waals surface area (Å²) < 4.78 is 4.40. The molecule has 1 N–H and O–H groups in total. The number of nitrogens with zero attached hydrogens (tertiary/aromatic N) is 3. The molecule has 4 nitrogen and oxygen atoms in total. The van der Waals surface area contributed by atoms with Crippen LogP contribution in [0.15, 0.2) is 11.6 Å². The normalized spacial score (nSPS) is 17.0. The van der Waals surface area contributed by atoms with Gasteiger partial charge >= 0.3 is 0 Å². The zero-order valence-electron chi connectivity index (χ0n) is 9.59. The summed E-state index contributed by atoms with van der Waals surface area (Å²) in [5.74, 6) is 1.65. The number of aromatic nitrogens is 3. The van der Waals surface area contributed by atoms with Gasteiger partial charge in [-0.05, 0) is 19.3 Å². The van der Waals surface area contributed by atoms with Gasteiger partial charge in [0, 0.05) is 29.0 Å². The molecule has 6 heteroatoms. The molecular formula is C11H14N4S2. The van der Waals surface area contributed by atoms with Crippen LogP contribution in [0, 0.1) is 0 Å². The molecule has 2 heterocycles. The first-order valence-electron chi connectivity index (χ1n) is 5.86. The molecule has 1 saturated carbocycles. The summed E-state index contributed by atoms with van der Waals surface area (Å²) in [5, 5.41) is 7.48. The molecule has 0 saturated heterocycles. The van der Waals surface area contributed by atoms with Gasteiger partial charge in [-0.1, -0.05) is 6.92 Å². The fourth-order valence-electron chi connectivity index (χ4n) is 1.69. The minimum absolute atomic E-state index is 0.259. The van der Waals surface area contributed by atoms with E-state index < -0.39 is 0 Å². The molecule has 0 aliphatic heterocycles. The van der Waals surface area contributed by atoms with Gasteiger partial charge in [-0.2, -0.15) is 4.37 Å². The van der Waals surface area contributed by atoms with Crippen molar-refractivity contribution in [2.75, 3.05) is 5.32 Å². The van der Waals surface area contributed by atoms with E-state index in [2.05, 4.69) is 26.6 Å². The zero-order valence-corrected chi connectivity index (χ0v) is 11.2. The second-order valence-corrected chi connectivity index (χ2v) is 5.89. The standard InChI is InChI=1S/C11H14N4S2/c1-2-8(10-12-5-6-16-10)13-11-14-9(15-17-11)7-3-4-7/h5-8H,2-4H2,1H3,(H,13,14,15). The molecule has 1 unspecified atom stereocenters. The highest BCUT2D eigenvalue weighted by Crippen LogP contribution is 2.39. The van der Waals surface area contributed by atoms with Gasteiger partial charge in [0.15, 0.2) is 0 Å². The first kappa shape index (κ1) is 11.1. The van der Waals surface area contributed by atoms with Crippen LogP contribution in [0.25, 0.3) is 0 Å². The Bertz CT molecular complexity index is 475. The van der Waals surface area contributed by atoms with E-state index in [-0.39, 0.29) is 6.04 Å². The molecule has 2 aromatic rings. The molecule has 3 rings (SSSR count). The first-order valence-corrected chi connectivity index (χ1v) is 7.51. The number of hydrogen-bond acceptors (Lipinski definition) is 6. The molecule has 90 valence electrons. The predicted molar refractivity (Wildman–Crippen MR) is 70.7 cm³/mol. The number of nitrogens with one attached hydrogen (secondary N) is 1. The van der Waals surface area contributed by atoms with Crippen molar-refractivity contribution in [3.05, 3.63) is 22.4 Å². The van der Waals surface area contributed by atoms with Gasteiger partial charge < -0.3 is 5.32 Å². The molecule has 0 amide bonds. The summed E-state index contributed by atoms with van der Waals surface area (Å²) >= 11 is 3.15. The van der Waals surface area contributed by atoms with Crippen molar-refractivity contribution in [3.63, 3.8) is 0 Å². The van der Waals surface area contributed by atoms with Crippen LogP contribution in [0.1, 0.15) is 49.0 Å². The van der Waals surface area contributed by atoms with E-state index in [1.165, 1.54) is 24.4 Å². The summed E-state index contributed by atoms with van der Waals surface area (Å²) in [6, 6.07) is 0.259. The molecule has 0 aromatic carbocycles. The monoisotopic (exact) mass is 266 g/mol. The lowest BCUT2D eigenvalue weighted by Gasteiger charge is -2.12. The van der Waals surface area contributed by atoms with Crippen LogP contribution in [0.3, 0.4) is 0 Å². The number of rotatable bonds is 5. The molecule has 0 spiro atoms. The van der Waals surface area contributed by atoms with Crippen LogP contribution in [0.5, 0.6) is 0 Å². The zero-order chi connectivity index (χ0) is 11.7. The third-order valence-electron chi connectivity index (χ3n) is 2.84. The molecule has 2 aromatic heterocycles. The molecule has 0 bridgehead atoms. The number of thiazole rings is 1. The van der Waals surface area contributed by atoms with E-state index >= 15 is 0 Å². The largest absolute Gasteiger partial charge is 0.351 e. The van der Waals surface area contributed by atoms with Crippen molar-refractivity contribution in [2.45, 2.75) is 38.1 Å². The Kier molecular flexibility index (Phi) is 3.07. The maximum atomic E-state index is 4.54. The van der Waals surface area contributed by atoms with Gasteiger partial charge in [0.2, 0.25) is 5.13 Å². The van der Waals surface area contributed by atoms with Gasteiger partial charge in [0.05, 0.1) is 6.04 Å². The third kappa shape index (κ3) is 2.47. The van der Waals surface area contributed by atoms with E-state index in [9.17, 15) is 0 Å². The number of hydrogen-bond donors (Lipinski definition) is 1. The van der Waals surface area contributed by atoms with Crippen molar-refractivity contribution < 1.29 is 0 Å². The Balaban J connectivity index is 1.71. The van der Waals surface area contributed by atoms with E-state index in [1.807, 2.05) is 11.6 Å². The summed E-state index contributed by atoms with van der Waals surface area (Å²) in [5.41, 5.74) is 0. The fourth-order valence-corrected chi connectivity index (χ4v) is 3.17. The van der Waals surface area contributed by atoms with Crippen LogP contribution >= 0.6 is 22.9 Å². The smallest absolute Gasteiger partial charge is 0.203 e. The molecular weight excluding hydrogens is 252 g/mol. The van der Waals surface area contributed by atoms with Gasteiger partial charge in [-0.3, -0.25) is 0 Å². The molecule has 17 heavy (non-hydrogen) atoms. The third-order valence-corrected chi connectivity index (χ3v) is 4.39. The Morgan fingerprint density at radius 1 is 1.53 bits per heavy atom. The Hall–Kier alpha value is -1.01. The van der Waals surface area contributed by atoms with Crippen LogP contribution in [0.2, 0.25) is 0 Å². The van der Waals surface area contributed by atoms with Gasteiger partial charge in [-0.25, -0.2) is 9.97 Å². The summed E-state index contributed by atoms with van der Waals surface area (Å²) in [6.07, 6.45) is 5.35. The Morgan fingerprint density at radius 3 is 3.06 bits per heavy atom. The summed E-state index contributed by atoms with van der Waals surface area (Å²) in [4.78, 5) is 8.89. The lowest BCUT2D eigenvalue weighted by atomic mass is 10.2. The van der Waals surface area contributed by atoms with Gasteiger partial charge in [0.1, 0.15) is 10.8 Å². The Labute approximate surface area is 108 Å². The van der Waals surface area contributed by atoms with Gasteiger partial charge in [0.25, 0.3) is 0 Å². The van der Waals surface area contributed by atoms with Crippen LogP contribution < -0.4 is 5.32 Å². The topological polar surface area (TPSA) is 50.7 Å². The van der Waals surface area contributed by atoms with E-state index in [0.717, 1.165) is 22.4 Å². The second-order valence-electron chi connectivity index (χ2n) is 4.21. The van der Waals surface area contributed by atoms with Crippen LogP contribution in [0.4, 0.5) is 5.13 Å². The van der Waals surface area contributed by atoms with Crippen molar-refractivity contribution >= 4 is 28.0 Å². The van der Waals surface area contributed by atoms with Crippen molar-refractivity contribution in [1.29, 1.82) is 0 Å². The molecule has 0 radical (unpaired) electrons. The van der Waals surface area contributed by atoms with Gasteiger partial charge in [-0.15, -0.1) is 11.3 Å². The fraction of sp³-hybridized carbons (Fsp3) is 0.545. The van der Waals surface area contributed by atoms with E-state index in [4.69, 9.17) is 0 Å². The molecule has 1 aliphatic rings. The maximum absolute atomic E-state index is 4.54. The van der Waals surface area contributed by atoms with E-state index in [0.29, 0.717) is 5.92 Å². The lowest BCUT2D eigenvalue weighted by Crippen LogP contribution is -2.09. The van der Waals surface area contributed by atoms with Crippen LogP contribution in [-0.2, 0) is 0 Å². The first-order chi connectivity index (χ1) is 8.36. The maximum Gasteiger partial charge on any atom is 0.203 e. The predicted octanol–water partition coefficient (Wildman–Crippen LogP) is 3.44. The summed E-state index contributed by atoms with van der Waals surface area (Å²) in [6.45, 7) is 2.15. The SMILES string of the molecule is CCC(Nc1nc(C2CC2)ns1)c1nccs1. The number of anilines is 1. The molecule has 1 fully saturated rings. The average molecular weight is 266 g/mol. The molecule has 1 aliphatic carbocycles. The minimum Gasteiger partial charge on any atom is -0.351 e. The van der Waals surface area contributed by atoms with Crippen LogP contribution in [-0.4, -0.2) is 14.3 Å². The average Bonchev–Trinajstić information content (AvgIpc) is 2.89.